The third-order valence-corrected chi connectivity index (χ3v) is 5.08. The minimum atomic E-state index is 0.290. The van der Waals surface area contributed by atoms with Crippen LogP contribution >= 0.6 is 0 Å². The largest absolute Gasteiger partial charge is 0.384 e. The van der Waals surface area contributed by atoms with Crippen LogP contribution in [0.25, 0.3) is 10.9 Å². The number of aromatic nitrogens is 3. The summed E-state index contributed by atoms with van der Waals surface area (Å²) in [5, 5.41) is 1.19. The van der Waals surface area contributed by atoms with E-state index in [1.165, 1.54) is 11.1 Å². The van der Waals surface area contributed by atoms with Crippen LogP contribution in [0.1, 0.15) is 30.2 Å². The fourth-order valence-electron chi connectivity index (χ4n) is 3.63. The molecule has 3 aromatic rings. The molecule has 5 heteroatoms. The third-order valence-electron chi connectivity index (χ3n) is 5.08. The lowest BCUT2D eigenvalue weighted by Crippen LogP contribution is -2.37. The topological polar surface area (TPSA) is 43.2 Å². The van der Waals surface area contributed by atoms with Crippen molar-refractivity contribution in [2.75, 3.05) is 20.3 Å². The summed E-state index contributed by atoms with van der Waals surface area (Å²) in [6.45, 7) is 5.82. The van der Waals surface area contributed by atoms with E-state index in [9.17, 15) is 0 Å². The van der Waals surface area contributed by atoms with Crippen LogP contribution in [0, 0.1) is 0 Å². The number of ether oxygens (including phenoxy) is 1. The Morgan fingerprint density at radius 3 is 2.92 bits per heavy atom. The van der Waals surface area contributed by atoms with Crippen LogP contribution in [0.15, 0.2) is 42.6 Å². The highest BCUT2D eigenvalue weighted by Crippen LogP contribution is 2.27. The Balaban J connectivity index is 1.52. The van der Waals surface area contributed by atoms with Crippen molar-refractivity contribution in [3.63, 3.8) is 0 Å². The molecule has 1 aliphatic rings. The fraction of sp³-hybridized carbons (Fsp3) is 0.400. The average Bonchev–Trinajstić information content (AvgIpc) is 3.06. The molecule has 3 heterocycles. The predicted molar refractivity (Wildman–Crippen MR) is 98.4 cm³/mol. The van der Waals surface area contributed by atoms with E-state index >= 15 is 0 Å². The van der Waals surface area contributed by atoms with Gasteiger partial charge in [-0.15, -0.1) is 0 Å². The van der Waals surface area contributed by atoms with E-state index in [-0.39, 0.29) is 0 Å². The lowest BCUT2D eigenvalue weighted by Gasteiger charge is -2.34. The number of fused-ring (bicyclic) bond motifs is 2. The first kappa shape index (κ1) is 16.2. The van der Waals surface area contributed by atoms with Crippen LogP contribution in [-0.4, -0.2) is 39.7 Å². The zero-order valence-electron chi connectivity index (χ0n) is 14.9. The highest BCUT2D eigenvalue weighted by atomic mass is 16.5. The maximum absolute atomic E-state index is 5.21. The minimum Gasteiger partial charge on any atom is -0.384 e. The van der Waals surface area contributed by atoms with Crippen molar-refractivity contribution in [1.29, 1.82) is 0 Å². The fourth-order valence-corrected chi connectivity index (χ4v) is 3.63. The van der Waals surface area contributed by atoms with Crippen LogP contribution in [0.5, 0.6) is 0 Å². The maximum Gasteiger partial charge on any atom is 0.126 e. The van der Waals surface area contributed by atoms with Gasteiger partial charge in [-0.3, -0.25) is 9.88 Å². The van der Waals surface area contributed by atoms with Crippen LogP contribution < -0.4 is 0 Å². The van der Waals surface area contributed by atoms with E-state index in [0.29, 0.717) is 6.04 Å². The van der Waals surface area contributed by atoms with E-state index in [1.54, 1.807) is 7.11 Å². The molecule has 0 fully saturated rings. The van der Waals surface area contributed by atoms with Gasteiger partial charge < -0.3 is 9.30 Å². The molecule has 0 spiro atoms. The molecule has 0 aliphatic carbocycles. The predicted octanol–water partition coefficient (Wildman–Crippen LogP) is 3.20. The van der Waals surface area contributed by atoms with Gasteiger partial charge in [0.25, 0.3) is 0 Å². The number of imidazole rings is 1. The summed E-state index contributed by atoms with van der Waals surface area (Å²) >= 11 is 0. The molecule has 0 amide bonds. The summed E-state index contributed by atoms with van der Waals surface area (Å²) in [7, 11) is 1.74. The Morgan fingerprint density at radius 1 is 1.16 bits per heavy atom. The van der Waals surface area contributed by atoms with Crippen molar-refractivity contribution >= 4 is 10.9 Å². The van der Waals surface area contributed by atoms with Crippen LogP contribution in [0.2, 0.25) is 0 Å². The van der Waals surface area contributed by atoms with Crippen LogP contribution in [0.3, 0.4) is 0 Å². The van der Waals surface area contributed by atoms with E-state index < -0.39 is 0 Å². The standard InChI is InChI=1S/C20H24N4O/c1-15-20-21-13-18(9-12-25-2)24(20)11-10-23(15)14-17-8-7-16-5-3-4-6-19(16)22-17/h3-8,13,15H,9-12,14H2,1-2H3. The van der Waals surface area contributed by atoms with Gasteiger partial charge in [0.15, 0.2) is 0 Å². The van der Waals surface area contributed by atoms with Gasteiger partial charge in [0.05, 0.1) is 23.9 Å². The SMILES string of the molecule is COCCc1cnc2n1CCN(Cc1ccc3ccccc3n1)C2C. The number of benzene rings is 1. The van der Waals surface area contributed by atoms with Crippen molar-refractivity contribution < 1.29 is 4.74 Å². The van der Waals surface area contributed by atoms with E-state index in [4.69, 9.17) is 9.72 Å². The van der Waals surface area contributed by atoms with E-state index in [2.05, 4.69) is 51.7 Å². The van der Waals surface area contributed by atoms with E-state index in [0.717, 1.165) is 49.7 Å². The molecule has 0 saturated carbocycles. The van der Waals surface area contributed by atoms with Gasteiger partial charge in [-0.1, -0.05) is 24.3 Å². The molecule has 5 nitrogen and oxygen atoms in total. The van der Waals surface area contributed by atoms with Crippen LogP contribution in [-0.2, 0) is 24.2 Å². The third kappa shape index (κ3) is 3.17. The van der Waals surface area contributed by atoms with Crippen molar-refractivity contribution in [3.05, 3.63) is 59.8 Å². The normalized spacial score (nSPS) is 17.8. The molecule has 1 aliphatic heterocycles. The van der Waals surface area contributed by atoms with Crippen molar-refractivity contribution in [2.45, 2.75) is 32.5 Å². The molecular formula is C20H24N4O. The minimum absolute atomic E-state index is 0.290. The first-order valence-electron chi connectivity index (χ1n) is 8.88. The van der Waals surface area contributed by atoms with Gasteiger partial charge in [0.2, 0.25) is 0 Å². The molecule has 25 heavy (non-hydrogen) atoms. The molecule has 0 bridgehead atoms. The lowest BCUT2D eigenvalue weighted by atomic mass is 10.1. The molecule has 1 unspecified atom stereocenters. The molecular weight excluding hydrogens is 312 g/mol. The maximum atomic E-state index is 5.21. The summed E-state index contributed by atoms with van der Waals surface area (Å²) < 4.78 is 7.56. The summed E-state index contributed by atoms with van der Waals surface area (Å²) in [6, 6.07) is 12.9. The molecule has 1 aromatic carbocycles. The van der Waals surface area contributed by atoms with Crippen molar-refractivity contribution in [1.82, 2.24) is 19.4 Å². The highest BCUT2D eigenvalue weighted by Gasteiger charge is 2.27. The Morgan fingerprint density at radius 2 is 2.04 bits per heavy atom. The second-order valence-corrected chi connectivity index (χ2v) is 6.64. The monoisotopic (exact) mass is 336 g/mol. The van der Waals surface area contributed by atoms with Gasteiger partial charge in [-0.25, -0.2) is 4.98 Å². The summed E-state index contributed by atoms with van der Waals surface area (Å²) in [6.07, 6.45) is 2.92. The Labute approximate surface area is 148 Å². The van der Waals surface area contributed by atoms with Gasteiger partial charge >= 0.3 is 0 Å². The number of para-hydroxylation sites is 1. The Bertz CT molecular complexity index is 873. The number of nitrogens with zero attached hydrogens (tertiary/aromatic N) is 4. The molecule has 130 valence electrons. The molecule has 2 aromatic heterocycles. The van der Waals surface area contributed by atoms with Crippen molar-refractivity contribution in [2.24, 2.45) is 0 Å². The number of rotatable bonds is 5. The molecule has 0 N–H and O–H groups in total. The highest BCUT2D eigenvalue weighted by molar-refractivity contribution is 5.78. The number of hydrogen-bond donors (Lipinski definition) is 0. The first-order valence-corrected chi connectivity index (χ1v) is 8.88. The lowest BCUT2D eigenvalue weighted by molar-refractivity contribution is 0.151. The zero-order valence-corrected chi connectivity index (χ0v) is 14.9. The smallest absolute Gasteiger partial charge is 0.126 e. The van der Waals surface area contributed by atoms with Crippen LogP contribution in [0.4, 0.5) is 0 Å². The second-order valence-electron chi connectivity index (χ2n) is 6.64. The molecule has 4 rings (SSSR count). The molecule has 0 saturated heterocycles. The molecule has 0 radical (unpaired) electrons. The number of methoxy groups -OCH3 is 1. The summed E-state index contributed by atoms with van der Waals surface area (Å²) in [5.74, 6) is 1.15. The zero-order chi connectivity index (χ0) is 17.2. The second kappa shape index (κ2) is 6.94. The first-order chi connectivity index (χ1) is 12.3. The Hall–Kier alpha value is -2.24. The summed E-state index contributed by atoms with van der Waals surface area (Å²) in [4.78, 5) is 12.0. The van der Waals surface area contributed by atoms with Gasteiger partial charge in [-0.05, 0) is 19.1 Å². The number of pyridine rings is 1. The van der Waals surface area contributed by atoms with Crippen molar-refractivity contribution in [3.8, 4) is 0 Å². The quantitative estimate of drug-likeness (QED) is 0.718. The van der Waals surface area contributed by atoms with Gasteiger partial charge in [-0.2, -0.15) is 0 Å². The van der Waals surface area contributed by atoms with Gasteiger partial charge in [0.1, 0.15) is 5.82 Å². The molecule has 1 atom stereocenters. The summed E-state index contributed by atoms with van der Waals surface area (Å²) in [5.41, 5.74) is 3.45. The van der Waals surface area contributed by atoms with Gasteiger partial charge in [0, 0.05) is 50.4 Å². The average molecular weight is 336 g/mol. The Kier molecular flexibility index (Phi) is 4.51. The van der Waals surface area contributed by atoms with E-state index in [1.807, 2.05) is 12.3 Å². The number of hydrogen-bond acceptors (Lipinski definition) is 4.